The number of carbonyl (C=O) groups excluding carboxylic acids is 1. The number of halogens is 3. The van der Waals surface area contributed by atoms with Gasteiger partial charge in [-0.15, -0.1) is 0 Å². The van der Waals surface area contributed by atoms with Crippen molar-refractivity contribution >= 4 is 17.7 Å². The van der Waals surface area contributed by atoms with Crippen LogP contribution in [0, 0.1) is 0 Å². The molecule has 90 valence electrons. The second-order valence-corrected chi connectivity index (χ2v) is 3.90. The van der Waals surface area contributed by atoms with Gasteiger partial charge in [0.1, 0.15) is 6.54 Å². The van der Waals surface area contributed by atoms with Gasteiger partial charge < -0.3 is 10.6 Å². The van der Waals surface area contributed by atoms with E-state index in [2.05, 4.69) is 5.32 Å². The summed E-state index contributed by atoms with van der Waals surface area (Å²) in [5.74, 6) is 0.341. The first-order chi connectivity index (χ1) is 6.95. The summed E-state index contributed by atoms with van der Waals surface area (Å²) in [7, 11) is 0. The van der Waals surface area contributed by atoms with Gasteiger partial charge in [0.2, 0.25) is 5.91 Å². The number of amides is 1. The highest BCUT2D eigenvalue weighted by atomic mass is 32.2. The highest BCUT2D eigenvalue weighted by Gasteiger charge is 2.27. The average Bonchev–Trinajstić information content (AvgIpc) is 2.13. The second kappa shape index (κ2) is 7.81. The molecular formula is C8H15F3N2OS. The summed E-state index contributed by atoms with van der Waals surface area (Å²) in [5.41, 5.74) is 0. The van der Waals surface area contributed by atoms with Crippen LogP contribution in [0.2, 0.25) is 0 Å². The molecule has 0 radical (unpaired) electrons. The molecule has 2 N–H and O–H groups in total. The fourth-order valence-corrected chi connectivity index (χ4v) is 1.24. The molecule has 0 unspecified atom stereocenters. The van der Waals surface area contributed by atoms with Gasteiger partial charge in [0, 0.05) is 0 Å². The van der Waals surface area contributed by atoms with Crippen LogP contribution in [0.3, 0.4) is 0 Å². The van der Waals surface area contributed by atoms with Crippen LogP contribution in [-0.2, 0) is 4.79 Å². The largest absolute Gasteiger partial charge is 0.405 e. The molecule has 1 amide bonds. The smallest absolute Gasteiger partial charge is 0.346 e. The monoisotopic (exact) mass is 244 g/mol. The fraction of sp³-hybridized carbons (Fsp3) is 0.875. The lowest BCUT2D eigenvalue weighted by molar-refractivity contribution is -0.137. The van der Waals surface area contributed by atoms with E-state index in [0.29, 0.717) is 6.54 Å². The summed E-state index contributed by atoms with van der Waals surface area (Å²) in [6.45, 7) is -0.691. The third-order valence-corrected chi connectivity index (χ3v) is 2.17. The number of rotatable bonds is 7. The van der Waals surface area contributed by atoms with Crippen LogP contribution in [-0.4, -0.2) is 43.7 Å². The van der Waals surface area contributed by atoms with E-state index in [4.69, 9.17) is 0 Å². The Morgan fingerprint density at radius 3 is 2.60 bits per heavy atom. The molecule has 0 spiro atoms. The Morgan fingerprint density at radius 2 is 2.07 bits per heavy atom. The summed E-state index contributed by atoms with van der Waals surface area (Å²) in [6.07, 6.45) is -1.47. The van der Waals surface area contributed by atoms with Crippen molar-refractivity contribution in [2.45, 2.75) is 12.6 Å². The number of hydrogen-bond donors (Lipinski definition) is 2. The van der Waals surface area contributed by atoms with Crippen LogP contribution >= 0.6 is 11.8 Å². The lowest BCUT2D eigenvalue weighted by Gasteiger charge is -2.08. The van der Waals surface area contributed by atoms with Crippen LogP contribution in [0.25, 0.3) is 0 Å². The van der Waals surface area contributed by atoms with E-state index in [-0.39, 0.29) is 6.54 Å². The van der Waals surface area contributed by atoms with Gasteiger partial charge in [-0.2, -0.15) is 24.9 Å². The highest BCUT2D eigenvalue weighted by Crippen LogP contribution is 2.11. The topological polar surface area (TPSA) is 41.1 Å². The molecule has 0 heterocycles. The normalized spacial score (nSPS) is 11.5. The van der Waals surface area contributed by atoms with Gasteiger partial charge in [-0.05, 0) is 25.0 Å². The van der Waals surface area contributed by atoms with E-state index < -0.39 is 18.6 Å². The highest BCUT2D eigenvalue weighted by molar-refractivity contribution is 7.98. The molecule has 15 heavy (non-hydrogen) atoms. The maximum Gasteiger partial charge on any atom is 0.405 e. The predicted octanol–water partition coefficient (Wildman–Crippen LogP) is 1.01. The second-order valence-electron chi connectivity index (χ2n) is 2.92. The van der Waals surface area contributed by atoms with E-state index in [9.17, 15) is 18.0 Å². The maximum absolute atomic E-state index is 11.7. The van der Waals surface area contributed by atoms with E-state index in [1.165, 1.54) is 0 Å². The zero-order chi connectivity index (χ0) is 11.7. The number of thioether (sulfide) groups is 1. The lowest BCUT2D eigenvalue weighted by Crippen LogP contribution is -2.39. The standard InChI is InChI=1S/C8H15F3N2OS/c1-15-4-2-3-12-5-7(14)13-6-8(9,10)11/h12H,2-6H2,1H3,(H,13,14). The van der Waals surface area contributed by atoms with Crippen LogP contribution in [0.15, 0.2) is 0 Å². The van der Waals surface area contributed by atoms with Gasteiger partial charge in [0.05, 0.1) is 6.54 Å². The first-order valence-electron chi connectivity index (χ1n) is 4.49. The van der Waals surface area contributed by atoms with Crippen molar-refractivity contribution in [2.75, 3.05) is 31.6 Å². The van der Waals surface area contributed by atoms with Crippen molar-refractivity contribution < 1.29 is 18.0 Å². The van der Waals surface area contributed by atoms with Gasteiger partial charge in [-0.1, -0.05) is 0 Å². The molecule has 0 bridgehead atoms. The van der Waals surface area contributed by atoms with E-state index in [1.807, 2.05) is 6.26 Å². The first kappa shape index (κ1) is 14.6. The molecule has 0 aromatic carbocycles. The van der Waals surface area contributed by atoms with Crippen molar-refractivity contribution in [1.29, 1.82) is 0 Å². The number of carbonyl (C=O) groups is 1. The summed E-state index contributed by atoms with van der Waals surface area (Å²) in [6, 6.07) is 0. The Hall–Kier alpha value is -0.430. The van der Waals surface area contributed by atoms with Gasteiger partial charge in [-0.3, -0.25) is 4.79 Å². The minimum Gasteiger partial charge on any atom is -0.346 e. The third-order valence-electron chi connectivity index (χ3n) is 1.47. The third kappa shape index (κ3) is 11.5. The quantitative estimate of drug-likeness (QED) is 0.657. The minimum absolute atomic E-state index is 0.0650. The zero-order valence-electron chi connectivity index (χ0n) is 8.49. The molecule has 3 nitrogen and oxygen atoms in total. The molecule has 0 fully saturated rings. The lowest BCUT2D eigenvalue weighted by atomic mass is 10.4. The van der Waals surface area contributed by atoms with Crippen LogP contribution < -0.4 is 10.6 Å². The van der Waals surface area contributed by atoms with E-state index in [1.54, 1.807) is 17.1 Å². The van der Waals surface area contributed by atoms with Crippen molar-refractivity contribution in [3.63, 3.8) is 0 Å². The van der Waals surface area contributed by atoms with Crippen molar-refractivity contribution in [2.24, 2.45) is 0 Å². The molecule has 0 aromatic heterocycles. The summed E-state index contributed by atoms with van der Waals surface area (Å²) >= 11 is 1.68. The molecule has 0 aliphatic rings. The molecule has 0 rings (SSSR count). The minimum atomic E-state index is -4.34. The summed E-state index contributed by atoms with van der Waals surface area (Å²) < 4.78 is 35.0. The van der Waals surface area contributed by atoms with Crippen molar-refractivity contribution in [3.05, 3.63) is 0 Å². The average molecular weight is 244 g/mol. The van der Waals surface area contributed by atoms with Crippen LogP contribution in [0.1, 0.15) is 6.42 Å². The number of nitrogens with one attached hydrogen (secondary N) is 2. The maximum atomic E-state index is 11.7. The first-order valence-corrected chi connectivity index (χ1v) is 5.88. The molecule has 7 heteroatoms. The van der Waals surface area contributed by atoms with Gasteiger partial charge in [0.15, 0.2) is 0 Å². The summed E-state index contributed by atoms with van der Waals surface area (Å²) in [4.78, 5) is 10.8. The van der Waals surface area contributed by atoms with Crippen LogP contribution in [0.4, 0.5) is 13.2 Å². The summed E-state index contributed by atoms with van der Waals surface area (Å²) in [5, 5.41) is 4.55. The number of alkyl halides is 3. The van der Waals surface area contributed by atoms with Crippen molar-refractivity contribution in [3.8, 4) is 0 Å². The van der Waals surface area contributed by atoms with Gasteiger partial charge in [-0.25, -0.2) is 0 Å². The Morgan fingerprint density at radius 1 is 1.40 bits per heavy atom. The molecular weight excluding hydrogens is 229 g/mol. The Kier molecular flexibility index (Phi) is 7.59. The van der Waals surface area contributed by atoms with Gasteiger partial charge >= 0.3 is 6.18 Å². The molecule has 0 aliphatic heterocycles. The molecule has 0 saturated heterocycles. The Balaban J connectivity index is 3.34. The van der Waals surface area contributed by atoms with E-state index in [0.717, 1.165) is 12.2 Å². The number of hydrogen-bond acceptors (Lipinski definition) is 3. The Bertz CT molecular complexity index is 187. The molecule has 0 atom stereocenters. The SMILES string of the molecule is CSCCCNCC(=O)NCC(F)(F)F. The predicted molar refractivity (Wildman–Crippen MR) is 54.9 cm³/mol. The van der Waals surface area contributed by atoms with Crippen molar-refractivity contribution in [1.82, 2.24) is 10.6 Å². The van der Waals surface area contributed by atoms with Crippen LogP contribution in [0.5, 0.6) is 0 Å². The Labute approximate surface area is 91.2 Å². The van der Waals surface area contributed by atoms with E-state index >= 15 is 0 Å². The molecule has 0 aliphatic carbocycles. The zero-order valence-corrected chi connectivity index (χ0v) is 9.30. The van der Waals surface area contributed by atoms with Gasteiger partial charge in [0.25, 0.3) is 0 Å². The molecule has 0 aromatic rings. The fourth-order valence-electron chi connectivity index (χ4n) is 0.805. The molecule has 0 saturated carbocycles.